The molecule has 4 atom stereocenters. The van der Waals surface area contributed by atoms with E-state index in [1.807, 2.05) is 5.32 Å². The van der Waals surface area contributed by atoms with Crippen molar-refractivity contribution in [2.24, 2.45) is 5.73 Å². The number of imidazole rings is 1. The SMILES string of the molecule is NCC(=O)NC(=O)OC[C@H]1O[C@@H](n2cnc3c(N)ncnc32)[C@H](O)[C@@H]1O. The Labute approximate surface area is 145 Å². The van der Waals surface area contributed by atoms with Crippen LogP contribution < -0.4 is 16.8 Å². The topological polar surface area (TPSA) is 201 Å². The number of fused-ring (bicyclic) bond motifs is 1. The van der Waals surface area contributed by atoms with E-state index in [2.05, 4.69) is 15.0 Å². The zero-order chi connectivity index (χ0) is 18.8. The number of carbonyl (C=O) groups excluding carboxylic acids is 2. The molecule has 13 heteroatoms. The Morgan fingerprint density at radius 2 is 2.08 bits per heavy atom. The fourth-order valence-electron chi connectivity index (χ4n) is 2.51. The molecule has 0 aromatic carbocycles. The lowest BCUT2D eigenvalue weighted by molar-refractivity contribution is -0.119. The Bertz CT molecular complexity index is 826. The van der Waals surface area contributed by atoms with Gasteiger partial charge in [0, 0.05) is 0 Å². The third-order valence-corrected chi connectivity index (χ3v) is 3.80. The van der Waals surface area contributed by atoms with Crippen LogP contribution in [0.15, 0.2) is 12.7 Å². The third kappa shape index (κ3) is 3.28. The summed E-state index contributed by atoms with van der Waals surface area (Å²) < 4.78 is 11.8. The van der Waals surface area contributed by atoms with Crippen LogP contribution in [0.1, 0.15) is 6.23 Å². The highest BCUT2D eigenvalue weighted by molar-refractivity contribution is 5.92. The first-order valence-corrected chi connectivity index (χ1v) is 7.53. The second-order valence-corrected chi connectivity index (χ2v) is 5.48. The summed E-state index contributed by atoms with van der Waals surface area (Å²) in [5, 5.41) is 22.3. The number of amides is 2. The second-order valence-electron chi connectivity index (χ2n) is 5.48. The van der Waals surface area contributed by atoms with Gasteiger partial charge >= 0.3 is 6.09 Å². The maximum absolute atomic E-state index is 11.4. The van der Waals surface area contributed by atoms with E-state index in [0.29, 0.717) is 11.2 Å². The van der Waals surface area contributed by atoms with Gasteiger partial charge in [0.1, 0.15) is 36.8 Å². The molecule has 7 N–H and O–H groups in total. The number of hydrogen-bond donors (Lipinski definition) is 5. The van der Waals surface area contributed by atoms with Crippen molar-refractivity contribution in [2.75, 3.05) is 18.9 Å². The van der Waals surface area contributed by atoms with Gasteiger partial charge in [-0.1, -0.05) is 0 Å². The number of rotatable bonds is 4. The number of alkyl carbamates (subject to hydrolysis) is 1. The number of nitrogen functional groups attached to an aromatic ring is 1. The molecule has 1 fully saturated rings. The summed E-state index contributed by atoms with van der Waals surface area (Å²) >= 11 is 0. The quantitative estimate of drug-likeness (QED) is 0.374. The minimum atomic E-state index is -1.35. The molecule has 140 valence electrons. The summed E-state index contributed by atoms with van der Waals surface area (Å²) in [6.07, 6.45) is -3.24. The van der Waals surface area contributed by atoms with Crippen LogP contribution in [0, 0.1) is 0 Å². The molecular formula is C13H17N7O6. The van der Waals surface area contributed by atoms with Gasteiger partial charge in [-0.3, -0.25) is 14.7 Å². The summed E-state index contributed by atoms with van der Waals surface area (Å²) in [5.74, 6) is -0.564. The maximum atomic E-state index is 11.4. The zero-order valence-electron chi connectivity index (χ0n) is 13.3. The van der Waals surface area contributed by atoms with E-state index in [-0.39, 0.29) is 12.4 Å². The van der Waals surface area contributed by atoms with Crippen molar-refractivity contribution in [1.29, 1.82) is 0 Å². The van der Waals surface area contributed by atoms with Gasteiger partial charge in [0.15, 0.2) is 17.7 Å². The molecule has 0 bridgehead atoms. The smallest absolute Gasteiger partial charge is 0.413 e. The minimum absolute atomic E-state index is 0.155. The summed E-state index contributed by atoms with van der Waals surface area (Å²) in [6, 6.07) is 0. The summed E-state index contributed by atoms with van der Waals surface area (Å²) in [7, 11) is 0. The van der Waals surface area contributed by atoms with Crippen LogP contribution in [-0.2, 0) is 14.3 Å². The lowest BCUT2D eigenvalue weighted by atomic mass is 10.1. The lowest BCUT2D eigenvalue weighted by Crippen LogP contribution is -2.39. The molecule has 3 heterocycles. The molecule has 0 aliphatic carbocycles. The van der Waals surface area contributed by atoms with Crippen LogP contribution >= 0.6 is 0 Å². The van der Waals surface area contributed by atoms with Crippen LogP contribution in [0.4, 0.5) is 10.6 Å². The molecule has 2 aromatic heterocycles. The molecule has 2 aromatic rings. The first-order valence-electron chi connectivity index (χ1n) is 7.53. The van der Waals surface area contributed by atoms with E-state index in [1.54, 1.807) is 0 Å². The monoisotopic (exact) mass is 367 g/mol. The number of carbonyl (C=O) groups is 2. The van der Waals surface area contributed by atoms with E-state index in [0.717, 1.165) is 0 Å². The number of aromatic nitrogens is 4. The highest BCUT2D eigenvalue weighted by Gasteiger charge is 2.45. The van der Waals surface area contributed by atoms with Gasteiger partial charge in [0.05, 0.1) is 12.9 Å². The van der Waals surface area contributed by atoms with Crippen LogP contribution in [0.2, 0.25) is 0 Å². The number of aliphatic hydroxyl groups excluding tert-OH is 2. The van der Waals surface area contributed by atoms with Gasteiger partial charge in [-0.2, -0.15) is 0 Å². The van der Waals surface area contributed by atoms with Crippen molar-refractivity contribution in [2.45, 2.75) is 24.5 Å². The van der Waals surface area contributed by atoms with Gasteiger partial charge in [0.2, 0.25) is 5.91 Å². The van der Waals surface area contributed by atoms with Crippen LogP contribution in [0.25, 0.3) is 11.2 Å². The molecule has 1 saturated heterocycles. The maximum Gasteiger partial charge on any atom is 0.413 e. The molecule has 26 heavy (non-hydrogen) atoms. The van der Waals surface area contributed by atoms with Gasteiger partial charge in [-0.15, -0.1) is 0 Å². The highest BCUT2D eigenvalue weighted by atomic mass is 16.6. The molecule has 13 nitrogen and oxygen atoms in total. The van der Waals surface area contributed by atoms with Crippen molar-refractivity contribution >= 4 is 29.0 Å². The third-order valence-electron chi connectivity index (χ3n) is 3.80. The van der Waals surface area contributed by atoms with Crippen molar-refractivity contribution in [3.8, 4) is 0 Å². The molecule has 0 saturated carbocycles. The molecule has 1 aliphatic heterocycles. The predicted molar refractivity (Wildman–Crippen MR) is 84.2 cm³/mol. The molecule has 3 rings (SSSR count). The first kappa shape index (κ1) is 17.9. The fourth-order valence-corrected chi connectivity index (χ4v) is 2.51. The number of nitrogens with one attached hydrogen (secondary N) is 1. The van der Waals surface area contributed by atoms with Crippen LogP contribution in [-0.4, -0.2) is 73.2 Å². The number of imide groups is 1. The zero-order valence-corrected chi connectivity index (χ0v) is 13.3. The summed E-state index contributed by atoms with van der Waals surface area (Å²) in [4.78, 5) is 34.3. The molecule has 2 amide bonds. The van der Waals surface area contributed by atoms with Crippen molar-refractivity contribution in [3.63, 3.8) is 0 Å². The van der Waals surface area contributed by atoms with Crippen molar-refractivity contribution in [1.82, 2.24) is 24.8 Å². The summed E-state index contributed by atoms with van der Waals surface area (Å²) in [6.45, 7) is -0.778. The molecule has 0 unspecified atom stereocenters. The van der Waals surface area contributed by atoms with Crippen LogP contribution in [0.3, 0.4) is 0 Å². The largest absolute Gasteiger partial charge is 0.446 e. The standard InChI is InChI=1S/C13H17N7O6/c14-1-6(21)19-13(24)25-2-5-8(22)9(23)12(26-5)20-4-18-7-10(15)16-3-17-11(7)20/h3-5,8-9,12,22-23H,1-2,14H2,(H2,15,16,17)(H,19,21,24)/t5-,8-,9-,12-/m1/s1. The molecule has 0 radical (unpaired) electrons. The number of nitrogens with two attached hydrogens (primary N) is 2. The second kappa shape index (κ2) is 7.17. The number of aliphatic hydroxyl groups is 2. The average Bonchev–Trinajstić information content (AvgIpc) is 3.16. The Hall–Kier alpha value is -2.87. The number of ether oxygens (including phenoxy) is 2. The lowest BCUT2D eigenvalue weighted by Gasteiger charge is -2.16. The van der Waals surface area contributed by atoms with Crippen molar-refractivity contribution < 1.29 is 29.3 Å². The van der Waals surface area contributed by atoms with Gasteiger partial charge in [-0.05, 0) is 0 Å². The molecular weight excluding hydrogens is 350 g/mol. The fraction of sp³-hybridized carbons (Fsp3) is 0.462. The van der Waals surface area contributed by atoms with E-state index in [4.69, 9.17) is 20.9 Å². The molecule has 1 aliphatic rings. The first-order chi connectivity index (χ1) is 12.4. The van der Waals surface area contributed by atoms with Gasteiger partial charge < -0.3 is 31.2 Å². The number of hydrogen-bond acceptors (Lipinski definition) is 11. The van der Waals surface area contributed by atoms with Gasteiger partial charge in [0.25, 0.3) is 0 Å². The van der Waals surface area contributed by atoms with E-state index in [9.17, 15) is 19.8 Å². The predicted octanol–water partition coefficient (Wildman–Crippen LogP) is -2.76. The van der Waals surface area contributed by atoms with Gasteiger partial charge in [-0.25, -0.2) is 19.7 Å². The summed E-state index contributed by atoms with van der Waals surface area (Å²) in [5.41, 5.74) is 11.4. The Balaban J connectivity index is 1.70. The van der Waals surface area contributed by atoms with Crippen LogP contribution in [0.5, 0.6) is 0 Å². The van der Waals surface area contributed by atoms with E-state index < -0.39 is 43.1 Å². The normalized spacial score (nSPS) is 25.3. The average molecular weight is 367 g/mol. The molecule has 0 spiro atoms. The Morgan fingerprint density at radius 3 is 2.81 bits per heavy atom. The Morgan fingerprint density at radius 1 is 1.31 bits per heavy atom. The van der Waals surface area contributed by atoms with Crippen molar-refractivity contribution in [3.05, 3.63) is 12.7 Å². The van der Waals surface area contributed by atoms with E-state index >= 15 is 0 Å². The Kier molecular flexibility index (Phi) is 4.94. The number of anilines is 1. The van der Waals surface area contributed by atoms with E-state index in [1.165, 1.54) is 17.2 Å². The minimum Gasteiger partial charge on any atom is -0.446 e. The highest BCUT2D eigenvalue weighted by Crippen LogP contribution is 2.32. The number of nitrogens with zero attached hydrogens (tertiary/aromatic N) is 4.